The quantitative estimate of drug-likeness (QED) is 0.546. The SMILES string of the molecule is CC1NCc2cccc(c2)CN[C@@H](C)C(=O)NCc2cccc(n2)CNC1=O. The number of carbonyl (C=O) groups excluding carboxylic acids is 2. The molecule has 2 aromatic rings. The van der Waals surface area contributed by atoms with Gasteiger partial charge in [0.2, 0.25) is 11.8 Å². The fourth-order valence-electron chi connectivity index (χ4n) is 2.96. The maximum Gasteiger partial charge on any atom is 0.237 e. The van der Waals surface area contributed by atoms with E-state index in [4.69, 9.17) is 0 Å². The van der Waals surface area contributed by atoms with E-state index in [1.807, 2.05) is 50.2 Å². The first-order valence-electron chi connectivity index (χ1n) is 9.56. The van der Waals surface area contributed by atoms with E-state index in [9.17, 15) is 9.59 Å². The molecule has 1 aliphatic heterocycles. The van der Waals surface area contributed by atoms with Gasteiger partial charge in [0, 0.05) is 13.1 Å². The first-order valence-corrected chi connectivity index (χ1v) is 9.56. The summed E-state index contributed by atoms with van der Waals surface area (Å²) in [6.07, 6.45) is 0. The Balaban J connectivity index is 1.76. The van der Waals surface area contributed by atoms with E-state index in [0.717, 1.165) is 22.5 Å². The predicted octanol–water partition coefficient (Wildman–Crippen LogP) is 0.984. The third-order valence-corrected chi connectivity index (χ3v) is 4.75. The molecule has 2 heterocycles. The topological polar surface area (TPSA) is 95.2 Å². The Morgan fingerprint density at radius 2 is 1.21 bits per heavy atom. The molecule has 4 bridgehead atoms. The molecule has 0 saturated carbocycles. The van der Waals surface area contributed by atoms with Crippen LogP contribution in [0.4, 0.5) is 0 Å². The number of aromatic nitrogens is 1. The molecule has 3 rings (SSSR count). The first kappa shape index (κ1) is 20.0. The molecule has 1 aliphatic rings. The van der Waals surface area contributed by atoms with Crippen LogP contribution in [0.25, 0.3) is 0 Å². The Bertz CT molecular complexity index is 779. The third-order valence-electron chi connectivity index (χ3n) is 4.75. The van der Waals surface area contributed by atoms with Crippen LogP contribution in [0.15, 0.2) is 42.5 Å². The van der Waals surface area contributed by atoms with Crippen LogP contribution in [0.5, 0.6) is 0 Å². The zero-order valence-corrected chi connectivity index (χ0v) is 16.3. The minimum absolute atomic E-state index is 0.0757. The van der Waals surface area contributed by atoms with E-state index in [2.05, 4.69) is 32.3 Å². The van der Waals surface area contributed by atoms with Crippen molar-refractivity contribution in [2.75, 3.05) is 0 Å². The average molecular weight is 381 g/mol. The second-order valence-corrected chi connectivity index (χ2v) is 7.08. The minimum Gasteiger partial charge on any atom is -0.349 e. The molecular formula is C21H27N5O2. The zero-order valence-electron chi connectivity index (χ0n) is 16.3. The normalized spacial score (nSPS) is 21.8. The molecule has 4 N–H and O–H groups in total. The second-order valence-electron chi connectivity index (χ2n) is 7.08. The molecule has 0 spiro atoms. The van der Waals surface area contributed by atoms with Crippen molar-refractivity contribution in [2.24, 2.45) is 0 Å². The van der Waals surface area contributed by atoms with Gasteiger partial charge in [0.1, 0.15) is 0 Å². The lowest BCUT2D eigenvalue weighted by Crippen LogP contribution is -2.42. The van der Waals surface area contributed by atoms with Crippen molar-refractivity contribution in [2.45, 2.75) is 52.1 Å². The van der Waals surface area contributed by atoms with E-state index in [1.54, 1.807) is 0 Å². The van der Waals surface area contributed by atoms with E-state index in [-0.39, 0.29) is 23.9 Å². The number of rotatable bonds is 0. The molecule has 148 valence electrons. The van der Waals surface area contributed by atoms with Gasteiger partial charge in [0.05, 0.1) is 36.6 Å². The molecule has 1 unspecified atom stereocenters. The largest absolute Gasteiger partial charge is 0.349 e. The second kappa shape index (κ2) is 9.43. The highest BCUT2D eigenvalue weighted by molar-refractivity contribution is 5.81. The van der Waals surface area contributed by atoms with Crippen molar-refractivity contribution in [1.82, 2.24) is 26.3 Å². The molecule has 1 aromatic carbocycles. The molecule has 0 fully saturated rings. The molecule has 28 heavy (non-hydrogen) atoms. The molecule has 0 saturated heterocycles. The Labute approximate surface area is 165 Å². The average Bonchev–Trinajstić information content (AvgIpc) is 2.72. The highest BCUT2D eigenvalue weighted by atomic mass is 16.2. The summed E-state index contributed by atoms with van der Waals surface area (Å²) >= 11 is 0. The van der Waals surface area contributed by atoms with Crippen LogP contribution in [0, 0.1) is 0 Å². The van der Waals surface area contributed by atoms with Gasteiger partial charge in [0.25, 0.3) is 0 Å². The van der Waals surface area contributed by atoms with Crippen molar-refractivity contribution in [3.05, 3.63) is 65.0 Å². The monoisotopic (exact) mass is 381 g/mol. The molecule has 7 heteroatoms. The summed E-state index contributed by atoms with van der Waals surface area (Å²) in [6, 6.07) is 13.1. The molecular weight excluding hydrogens is 354 g/mol. The van der Waals surface area contributed by atoms with E-state index < -0.39 is 0 Å². The van der Waals surface area contributed by atoms with Gasteiger partial charge < -0.3 is 21.3 Å². The molecule has 0 aliphatic carbocycles. The molecule has 2 amide bonds. The number of hydrogen-bond donors (Lipinski definition) is 4. The number of nitrogens with one attached hydrogen (secondary N) is 4. The number of pyridine rings is 1. The highest BCUT2D eigenvalue weighted by Gasteiger charge is 2.14. The lowest BCUT2D eigenvalue weighted by Gasteiger charge is -2.17. The number of fused-ring (bicyclic) bond motifs is 4. The molecule has 0 radical (unpaired) electrons. The molecule has 7 nitrogen and oxygen atoms in total. The van der Waals surface area contributed by atoms with Crippen molar-refractivity contribution in [1.29, 1.82) is 0 Å². The number of carbonyl (C=O) groups is 2. The standard InChI is InChI=1S/C21H27N5O2/c1-14-20(27)24-12-18-7-4-8-19(26-18)13-25-21(28)15(2)23-11-17-6-3-5-16(9-17)10-22-14/h3-9,14-15,22-23H,10-13H2,1-2H3,(H,24,27)(H,25,28)/t14-,15?/m0/s1. The van der Waals surface area contributed by atoms with Gasteiger partial charge >= 0.3 is 0 Å². The zero-order chi connectivity index (χ0) is 19.9. The minimum atomic E-state index is -0.317. The van der Waals surface area contributed by atoms with Crippen LogP contribution in [-0.2, 0) is 35.8 Å². The van der Waals surface area contributed by atoms with Gasteiger partial charge in [-0.25, -0.2) is 0 Å². The molecule has 1 aromatic heterocycles. The summed E-state index contributed by atoms with van der Waals surface area (Å²) < 4.78 is 0. The maximum atomic E-state index is 12.3. The lowest BCUT2D eigenvalue weighted by molar-refractivity contribution is -0.123. The predicted molar refractivity (Wildman–Crippen MR) is 107 cm³/mol. The summed E-state index contributed by atoms with van der Waals surface area (Å²) in [7, 11) is 0. The highest BCUT2D eigenvalue weighted by Crippen LogP contribution is 2.07. The number of benzene rings is 1. The van der Waals surface area contributed by atoms with Crippen molar-refractivity contribution >= 4 is 11.8 Å². The third kappa shape index (κ3) is 5.61. The van der Waals surface area contributed by atoms with Gasteiger partial charge in [-0.2, -0.15) is 0 Å². The van der Waals surface area contributed by atoms with Crippen molar-refractivity contribution in [3.8, 4) is 0 Å². The Morgan fingerprint density at radius 1 is 0.750 bits per heavy atom. The van der Waals surface area contributed by atoms with Crippen LogP contribution in [0.2, 0.25) is 0 Å². The van der Waals surface area contributed by atoms with Crippen LogP contribution >= 0.6 is 0 Å². The Morgan fingerprint density at radius 3 is 1.71 bits per heavy atom. The number of amides is 2. The summed E-state index contributed by atoms with van der Waals surface area (Å²) in [5, 5.41) is 12.3. The van der Waals surface area contributed by atoms with Gasteiger partial charge in [-0.1, -0.05) is 30.3 Å². The summed E-state index contributed by atoms with van der Waals surface area (Å²) in [6.45, 7) is 5.57. The maximum absolute atomic E-state index is 12.3. The fourth-order valence-corrected chi connectivity index (χ4v) is 2.96. The first-order chi connectivity index (χ1) is 13.5. The summed E-state index contributed by atoms with van der Waals surface area (Å²) in [5.74, 6) is -0.151. The van der Waals surface area contributed by atoms with E-state index >= 15 is 0 Å². The van der Waals surface area contributed by atoms with Crippen molar-refractivity contribution < 1.29 is 9.59 Å². The number of nitrogens with zero attached hydrogens (tertiary/aromatic N) is 1. The van der Waals surface area contributed by atoms with Crippen LogP contribution in [0.1, 0.15) is 36.4 Å². The Kier molecular flexibility index (Phi) is 6.73. The van der Waals surface area contributed by atoms with Gasteiger partial charge in [0.15, 0.2) is 0 Å². The molecule has 2 atom stereocenters. The van der Waals surface area contributed by atoms with Gasteiger partial charge in [-0.3, -0.25) is 14.6 Å². The Hall–Kier alpha value is -2.77. The van der Waals surface area contributed by atoms with Gasteiger partial charge in [-0.05, 0) is 37.1 Å². The van der Waals surface area contributed by atoms with Crippen LogP contribution in [0.3, 0.4) is 0 Å². The van der Waals surface area contributed by atoms with E-state index in [0.29, 0.717) is 26.2 Å². The fraction of sp³-hybridized carbons (Fsp3) is 0.381. The van der Waals surface area contributed by atoms with Crippen molar-refractivity contribution in [3.63, 3.8) is 0 Å². The van der Waals surface area contributed by atoms with E-state index in [1.165, 1.54) is 0 Å². The summed E-state index contributed by atoms with van der Waals surface area (Å²) in [4.78, 5) is 29.2. The van der Waals surface area contributed by atoms with Crippen LogP contribution < -0.4 is 21.3 Å². The lowest BCUT2D eigenvalue weighted by atomic mass is 10.1. The smallest absolute Gasteiger partial charge is 0.237 e. The van der Waals surface area contributed by atoms with Gasteiger partial charge in [-0.15, -0.1) is 0 Å². The summed E-state index contributed by atoms with van der Waals surface area (Å²) in [5.41, 5.74) is 3.69. The van der Waals surface area contributed by atoms with Crippen LogP contribution in [-0.4, -0.2) is 28.9 Å². The number of hydrogen-bond acceptors (Lipinski definition) is 5.